The number of allylic oxidation sites excluding steroid dienone is 1. The quantitative estimate of drug-likeness (QED) is 0.476. The van der Waals surface area contributed by atoms with E-state index in [9.17, 15) is 14.5 Å². The molecular weight excluding hydrogens is 253 g/mol. The van der Waals surface area contributed by atoms with Crippen LogP contribution in [0.4, 0.5) is 10.1 Å². The summed E-state index contributed by atoms with van der Waals surface area (Å²) in [5.41, 5.74) is 0.110. The summed E-state index contributed by atoms with van der Waals surface area (Å²) >= 11 is 3.17. The lowest BCUT2D eigenvalue weighted by atomic mass is 10.2. The number of nitro groups is 1. The standard InChI is InChI=1S/C9H7BrFNO2/c10-5-1-2-7-3-4-8(11)9(6-7)12(13)14/h1-4,6H,5H2. The van der Waals surface area contributed by atoms with Crippen molar-refractivity contribution in [3.63, 3.8) is 0 Å². The van der Waals surface area contributed by atoms with Gasteiger partial charge >= 0.3 is 5.69 Å². The zero-order valence-electron chi connectivity index (χ0n) is 7.11. The molecule has 0 spiro atoms. The van der Waals surface area contributed by atoms with Crippen molar-refractivity contribution >= 4 is 27.7 Å². The van der Waals surface area contributed by atoms with E-state index in [4.69, 9.17) is 0 Å². The number of nitrogens with zero attached hydrogens (tertiary/aromatic N) is 1. The molecular formula is C9H7BrFNO2. The third-order valence-corrected chi connectivity index (χ3v) is 1.94. The van der Waals surface area contributed by atoms with Gasteiger partial charge in [-0.2, -0.15) is 4.39 Å². The van der Waals surface area contributed by atoms with E-state index in [-0.39, 0.29) is 0 Å². The van der Waals surface area contributed by atoms with Crippen LogP contribution < -0.4 is 0 Å². The van der Waals surface area contributed by atoms with Crippen LogP contribution in [0.2, 0.25) is 0 Å². The Bertz CT molecular complexity index is 379. The van der Waals surface area contributed by atoms with Gasteiger partial charge in [0.15, 0.2) is 0 Å². The van der Waals surface area contributed by atoms with Gasteiger partial charge in [0.2, 0.25) is 5.82 Å². The number of nitro benzene ring substituents is 1. The fraction of sp³-hybridized carbons (Fsp3) is 0.111. The third-order valence-electron chi connectivity index (χ3n) is 1.57. The fourth-order valence-corrected chi connectivity index (χ4v) is 1.14. The Morgan fingerprint density at radius 1 is 1.57 bits per heavy atom. The van der Waals surface area contributed by atoms with E-state index in [0.717, 1.165) is 6.07 Å². The molecule has 0 saturated heterocycles. The molecule has 0 unspecified atom stereocenters. The van der Waals surface area contributed by atoms with Crippen LogP contribution >= 0.6 is 15.9 Å². The van der Waals surface area contributed by atoms with Gasteiger partial charge in [0.1, 0.15) is 0 Å². The smallest absolute Gasteiger partial charge is 0.258 e. The monoisotopic (exact) mass is 259 g/mol. The van der Waals surface area contributed by atoms with Crippen molar-refractivity contribution in [2.45, 2.75) is 0 Å². The highest BCUT2D eigenvalue weighted by Crippen LogP contribution is 2.19. The second kappa shape index (κ2) is 4.85. The second-order valence-electron chi connectivity index (χ2n) is 2.52. The Hall–Kier alpha value is -1.23. The Morgan fingerprint density at radius 2 is 2.29 bits per heavy atom. The topological polar surface area (TPSA) is 43.1 Å². The lowest BCUT2D eigenvalue weighted by Gasteiger charge is -1.95. The van der Waals surface area contributed by atoms with Crippen LogP contribution in [-0.2, 0) is 0 Å². The van der Waals surface area contributed by atoms with Crippen molar-refractivity contribution in [3.8, 4) is 0 Å². The Morgan fingerprint density at radius 3 is 2.86 bits per heavy atom. The molecule has 0 bridgehead atoms. The summed E-state index contributed by atoms with van der Waals surface area (Å²) in [4.78, 5) is 9.64. The fourth-order valence-electron chi connectivity index (χ4n) is 0.954. The molecule has 0 aliphatic heterocycles. The van der Waals surface area contributed by atoms with Gasteiger partial charge in [0.05, 0.1) is 4.92 Å². The maximum atomic E-state index is 12.9. The summed E-state index contributed by atoms with van der Waals surface area (Å²) < 4.78 is 12.9. The van der Waals surface area contributed by atoms with Gasteiger partial charge in [0.25, 0.3) is 0 Å². The van der Waals surface area contributed by atoms with Crippen LogP contribution in [0.3, 0.4) is 0 Å². The third kappa shape index (κ3) is 2.63. The molecule has 0 aromatic heterocycles. The molecule has 0 saturated carbocycles. The molecule has 0 aliphatic carbocycles. The van der Waals surface area contributed by atoms with Crippen molar-refractivity contribution in [2.24, 2.45) is 0 Å². The molecule has 0 radical (unpaired) electrons. The molecule has 1 rings (SSSR count). The number of rotatable bonds is 3. The van der Waals surface area contributed by atoms with Crippen molar-refractivity contribution in [1.29, 1.82) is 0 Å². The van der Waals surface area contributed by atoms with Crippen LogP contribution in [-0.4, -0.2) is 10.3 Å². The minimum Gasteiger partial charge on any atom is -0.258 e. The molecule has 0 amide bonds. The summed E-state index contributed by atoms with van der Waals surface area (Å²) in [7, 11) is 0. The van der Waals surface area contributed by atoms with Crippen LogP contribution in [0.1, 0.15) is 5.56 Å². The molecule has 3 nitrogen and oxygen atoms in total. The lowest BCUT2D eigenvalue weighted by molar-refractivity contribution is -0.387. The summed E-state index contributed by atoms with van der Waals surface area (Å²) in [6.07, 6.45) is 3.46. The molecule has 0 fully saturated rings. The zero-order chi connectivity index (χ0) is 10.6. The minimum absolute atomic E-state index is 0.498. The minimum atomic E-state index is -0.814. The molecule has 0 aliphatic rings. The van der Waals surface area contributed by atoms with Gasteiger partial charge in [-0.05, 0) is 11.6 Å². The first-order valence-corrected chi connectivity index (χ1v) is 4.93. The molecule has 74 valence electrons. The van der Waals surface area contributed by atoms with Gasteiger partial charge in [-0.1, -0.05) is 34.1 Å². The van der Waals surface area contributed by atoms with E-state index in [0.29, 0.717) is 10.9 Å². The number of hydrogen-bond donors (Lipinski definition) is 0. The molecule has 0 heterocycles. The average Bonchev–Trinajstić information content (AvgIpc) is 2.16. The second-order valence-corrected chi connectivity index (χ2v) is 3.17. The van der Waals surface area contributed by atoms with Crippen LogP contribution in [0.15, 0.2) is 24.3 Å². The predicted octanol–water partition coefficient (Wildman–Crippen LogP) is 3.14. The normalized spacial score (nSPS) is 10.7. The van der Waals surface area contributed by atoms with Crippen molar-refractivity contribution in [3.05, 3.63) is 45.8 Å². The molecule has 0 N–H and O–H groups in total. The Balaban J connectivity index is 3.06. The predicted molar refractivity (Wildman–Crippen MR) is 55.9 cm³/mol. The van der Waals surface area contributed by atoms with Gasteiger partial charge in [0, 0.05) is 11.4 Å². The summed E-state index contributed by atoms with van der Waals surface area (Å²) in [5, 5.41) is 11.0. The molecule has 1 aromatic rings. The van der Waals surface area contributed by atoms with Gasteiger partial charge in [-0.3, -0.25) is 10.1 Å². The van der Waals surface area contributed by atoms with Crippen LogP contribution in [0.25, 0.3) is 6.08 Å². The highest BCUT2D eigenvalue weighted by Gasteiger charge is 2.12. The van der Waals surface area contributed by atoms with Crippen molar-refractivity contribution < 1.29 is 9.31 Å². The molecule has 14 heavy (non-hydrogen) atoms. The van der Waals surface area contributed by atoms with E-state index in [1.165, 1.54) is 12.1 Å². The van der Waals surface area contributed by atoms with E-state index in [1.54, 1.807) is 12.2 Å². The van der Waals surface area contributed by atoms with Gasteiger partial charge in [-0.25, -0.2) is 0 Å². The average molecular weight is 260 g/mol. The number of benzene rings is 1. The molecule has 5 heteroatoms. The zero-order valence-corrected chi connectivity index (χ0v) is 8.70. The SMILES string of the molecule is O=[N+]([O-])c1cc(C=CCBr)ccc1F. The first kappa shape index (κ1) is 10.8. The maximum Gasteiger partial charge on any atom is 0.305 e. The van der Waals surface area contributed by atoms with Gasteiger partial charge < -0.3 is 0 Å². The maximum absolute atomic E-state index is 12.9. The highest BCUT2D eigenvalue weighted by atomic mass is 79.9. The Kier molecular flexibility index (Phi) is 3.76. The largest absolute Gasteiger partial charge is 0.305 e. The van der Waals surface area contributed by atoms with E-state index in [2.05, 4.69) is 15.9 Å². The first-order chi connectivity index (χ1) is 6.65. The van der Waals surface area contributed by atoms with Crippen molar-refractivity contribution in [1.82, 2.24) is 0 Å². The van der Waals surface area contributed by atoms with Gasteiger partial charge in [-0.15, -0.1) is 0 Å². The number of halogens is 2. The van der Waals surface area contributed by atoms with E-state index >= 15 is 0 Å². The molecule has 1 aromatic carbocycles. The first-order valence-electron chi connectivity index (χ1n) is 3.81. The summed E-state index contributed by atoms with van der Waals surface area (Å²) in [6.45, 7) is 0. The van der Waals surface area contributed by atoms with Crippen LogP contribution in [0.5, 0.6) is 0 Å². The van der Waals surface area contributed by atoms with Crippen molar-refractivity contribution in [2.75, 3.05) is 5.33 Å². The lowest BCUT2D eigenvalue weighted by Crippen LogP contribution is -1.92. The summed E-state index contributed by atoms with van der Waals surface area (Å²) in [5.74, 6) is -0.814. The Labute approximate surface area is 88.5 Å². The van der Waals surface area contributed by atoms with E-state index < -0.39 is 16.4 Å². The number of hydrogen-bond acceptors (Lipinski definition) is 2. The van der Waals surface area contributed by atoms with E-state index in [1.807, 2.05) is 0 Å². The summed E-state index contributed by atoms with van der Waals surface area (Å²) in [6, 6.07) is 3.78. The molecule has 0 atom stereocenters. The van der Waals surface area contributed by atoms with Crippen LogP contribution in [0, 0.1) is 15.9 Å². The highest BCUT2D eigenvalue weighted by molar-refractivity contribution is 9.09. The number of alkyl halides is 1.